The van der Waals surface area contributed by atoms with Gasteiger partial charge in [-0.15, -0.1) is 21.9 Å². The molecular weight excluding hydrogens is 868 g/mol. The second-order valence-electron chi connectivity index (χ2n) is 12.2. The zero-order valence-electron chi connectivity index (χ0n) is 28.6. The Balaban J connectivity index is 0.000000379. The summed E-state index contributed by atoms with van der Waals surface area (Å²) in [6.07, 6.45) is -5.31. The first-order valence-corrected chi connectivity index (χ1v) is 15.9. The molecule has 0 saturated heterocycles. The highest BCUT2D eigenvalue weighted by molar-refractivity contribution is 7.20. The lowest BCUT2D eigenvalue weighted by atomic mass is 9.12. The van der Waals surface area contributed by atoms with Crippen molar-refractivity contribution in [3.8, 4) is 0 Å². The van der Waals surface area contributed by atoms with Crippen LogP contribution in [0.4, 0.5) is 92.2 Å². The molecule has 1 heterocycles. The molecule has 5 aromatic carbocycles. The van der Waals surface area contributed by atoms with Crippen LogP contribution in [0.2, 0.25) is 0 Å². The third kappa shape index (κ3) is 6.95. The average Bonchev–Trinajstić information content (AvgIpc) is 3.24. The van der Waals surface area contributed by atoms with E-state index in [9.17, 15) is 57.1 Å². The molecule has 0 radical (unpaired) electrons. The monoisotopic (exact) mass is 881 g/mol. The minimum atomic E-state index is -7.22. The number of pyridine rings is 1. The third-order valence-electron chi connectivity index (χ3n) is 9.07. The van der Waals surface area contributed by atoms with E-state index in [0.29, 0.717) is 5.69 Å². The Labute approximate surface area is 320 Å². The predicted molar refractivity (Wildman–Crippen MR) is 166 cm³/mol. The van der Waals surface area contributed by atoms with Crippen molar-refractivity contribution in [1.29, 1.82) is 0 Å². The first kappa shape index (κ1) is 44.9. The molecule has 1 aromatic heterocycles. The molecule has 6 aromatic rings. The molecule has 60 heavy (non-hydrogen) atoms. The van der Waals surface area contributed by atoms with Gasteiger partial charge in [0.25, 0.3) is 0 Å². The molecule has 0 amide bonds. The van der Waals surface area contributed by atoms with Crippen molar-refractivity contribution < 1.29 is 96.8 Å². The van der Waals surface area contributed by atoms with Crippen LogP contribution in [0.3, 0.4) is 0 Å². The van der Waals surface area contributed by atoms with Gasteiger partial charge in [-0.1, -0.05) is 36.4 Å². The Morgan fingerprint density at radius 3 is 0.833 bits per heavy atom. The Morgan fingerprint density at radius 1 is 0.317 bits per heavy atom. The molecule has 1 nitrogen and oxygen atoms in total. The van der Waals surface area contributed by atoms with Crippen molar-refractivity contribution in [2.45, 2.75) is 13.2 Å². The summed E-state index contributed by atoms with van der Waals surface area (Å²) in [6, 6.07) is 15.6. The lowest BCUT2D eigenvalue weighted by Gasteiger charge is -2.44. The highest BCUT2D eigenvalue weighted by Crippen LogP contribution is 2.30. The third-order valence-corrected chi connectivity index (χ3v) is 9.07. The molecule has 0 saturated carbocycles. The molecule has 0 aliphatic rings. The molecule has 0 aliphatic carbocycles. The Hall–Kier alpha value is -6.16. The summed E-state index contributed by atoms with van der Waals surface area (Å²) < 4.78 is 309. The van der Waals surface area contributed by atoms with Gasteiger partial charge in [0.05, 0.1) is 0 Å². The lowest BCUT2D eigenvalue weighted by Crippen LogP contribution is -2.81. The summed E-state index contributed by atoms with van der Waals surface area (Å²) in [4.78, 5) is 0. The van der Waals surface area contributed by atoms with Crippen molar-refractivity contribution in [2.24, 2.45) is 0 Å². The molecule has 0 fully saturated rings. The van der Waals surface area contributed by atoms with E-state index in [0.717, 1.165) is 6.54 Å². The fraction of sp³-hybridized carbons (Fsp3) is 0.0541. The van der Waals surface area contributed by atoms with Crippen molar-refractivity contribution >= 4 is 28.0 Å². The van der Waals surface area contributed by atoms with Gasteiger partial charge in [0, 0.05) is 17.7 Å². The standard InChI is InChI=1S/C24BF20.C13H13FN/c26-5-1(6(27)14(35)21(42)13(5)34)25(2-7(28)15(36)22(43)16(37)8(2)29,3-9(30)17(38)23(44)18(39)10(3)31)4-11(32)19(40)24(45)20(41)12(4)33;14-10-13-8-4-5-9-15(13)11-12-6-2-1-3-7-12/h;1-9H,10-11H2/q-1;+1. The Bertz CT molecular complexity index is 2290. The molecule has 0 bridgehead atoms. The molecule has 0 aliphatic heterocycles. The zero-order valence-corrected chi connectivity index (χ0v) is 28.6. The van der Waals surface area contributed by atoms with Crippen LogP contribution in [0.25, 0.3) is 0 Å². The smallest absolute Gasteiger partial charge is 0.213 e. The van der Waals surface area contributed by atoms with E-state index in [2.05, 4.69) is 0 Å². The van der Waals surface area contributed by atoms with Gasteiger partial charge in [0.1, 0.15) is 52.7 Å². The molecule has 0 atom stereocenters. The van der Waals surface area contributed by atoms with Crippen LogP contribution < -0.4 is 26.4 Å². The van der Waals surface area contributed by atoms with E-state index in [1.807, 2.05) is 59.3 Å². The molecule has 0 unspecified atom stereocenters. The van der Waals surface area contributed by atoms with E-state index in [1.165, 1.54) is 5.56 Å². The van der Waals surface area contributed by atoms with Crippen LogP contribution in [0.15, 0.2) is 54.7 Å². The minimum Gasteiger partial charge on any atom is -0.239 e. The maximum absolute atomic E-state index is 15.4. The summed E-state index contributed by atoms with van der Waals surface area (Å²) in [5, 5.41) is 0. The normalized spacial score (nSPS) is 11.6. The summed E-state index contributed by atoms with van der Waals surface area (Å²) in [5.74, 6) is -71.4. The van der Waals surface area contributed by atoms with Crippen LogP contribution >= 0.6 is 0 Å². The van der Waals surface area contributed by atoms with Crippen LogP contribution in [-0.4, -0.2) is 6.15 Å². The van der Waals surface area contributed by atoms with Crippen molar-refractivity contribution in [3.63, 3.8) is 0 Å². The minimum absolute atomic E-state index is 0.423. The van der Waals surface area contributed by atoms with Gasteiger partial charge >= 0.3 is 0 Å². The SMILES string of the molecule is FCc1cccc[n+]1Cc1ccccc1.Fc1c(F)c(F)c([B-](c2c(F)c(F)c(F)c(F)c2F)(c2c(F)c(F)c(F)c(F)c2F)c2c(F)c(F)c(F)c(F)c2F)c(F)c1F. The van der Waals surface area contributed by atoms with Gasteiger partial charge in [-0.05, 0) is 0 Å². The van der Waals surface area contributed by atoms with Gasteiger partial charge in [-0.3, -0.25) is 0 Å². The number of halogens is 21. The molecule has 23 heteroatoms. The Morgan fingerprint density at radius 2 is 0.567 bits per heavy atom. The van der Waals surface area contributed by atoms with Gasteiger partial charge in [0.15, 0.2) is 89.2 Å². The van der Waals surface area contributed by atoms with Crippen LogP contribution in [-0.2, 0) is 13.2 Å². The number of aromatic nitrogens is 1. The molecule has 6 rings (SSSR count). The maximum atomic E-state index is 15.4. The predicted octanol–water partition coefficient (Wildman–Crippen LogP) is 8.34. The maximum Gasteiger partial charge on any atom is 0.213 e. The average molecular weight is 881 g/mol. The van der Waals surface area contributed by atoms with E-state index in [4.69, 9.17) is 0 Å². The number of alkyl halides is 1. The van der Waals surface area contributed by atoms with E-state index in [-0.39, 0.29) is 0 Å². The lowest BCUT2D eigenvalue weighted by molar-refractivity contribution is -0.696. The van der Waals surface area contributed by atoms with Crippen molar-refractivity contribution in [1.82, 2.24) is 0 Å². The fourth-order valence-electron chi connectivity index (χ4n) is 6.44. The second kappa shape index (κ2) is 16.8. The number of hydrogen-bond acceptors (Lipinski definition) is 0. The van der Waals surface area contributed by atoms with Gasteiger partial charge in [-0.25, -0.2) is 92.2 Å². The number of hydrogen-bond donors (Lipinski definition) is 0. The van der Waals surface area contributed by atoms with Crippen molar-refractivity contribution in [2.75, 3.05) is 0 Å². The van der Waals surface area contributed by atoms with Crippen molar-refractivity contribution in [3.05, 3.63) is 182 Å². The molecule has 316 valence electrons. The molecular formula is C37H13BF21N. The zero-order chi connectivity index (χ0) is 44.9. The van der Waals surface area contributed by atoms with E-state index >= 15 is 35.1 Å². The molecule has 0 spiro atoms. The number of rotatable bonds is 7. The summed E-state index contributed by atoms with van der Waals surface area (Å²) >= 11 is 0. The van der Waals surface area contributed by atoms with E-state index in [1.54, 1.807) is 0 Å². The van der Waals surface area contributed by atoms with Gasteiger partial charge in [-0.2, -0.15) is 4.57 Å². The number of benzene rings is 5. The summed E-state index contributed by atoms with van der Waals surface area (Å²) in [6.45, 7) is 0.300. The quantitative estimate of drug-likeness (QED) is 0.0500. The van der Waals surface area contributed by atoms with Gasteiger partial charge < -0.3 is 0 Å². The van der Waals surface area contributed by atoms with Crippen LogP contribution in [0.1, 0.15) is 11.3 Å². The largest absolute Gasteiger partial charge is 0.239 e. The summed E-state index contributed by atoms with van der Waals surface area (Å²) in [5.41, 5.74) is -12.4. The highest BCUT2D eigenvalue weighted by atomic mass is 19.2. The van der Waals surface area contributed by atoms with Gasteiger partial charge in [0.2, 0.25) is 5.69 Å². The second-order valence-corrected chi connectivity index (χ2v) is 12.2. The number of nitrogens with zero attached hydrogens (tertiary/aromatic N) is 1. The Kier molecular flexibility index (Phi) is 12.6. The summed E-state index contributed by atoms with van der Waals surface area (Å²) in [7, 11) is 0. The first-order chi connectivity index (χ1) is 28.1. The topological polar surface area (TPSA) is 3.88 Å². The van der Waals surface area contributed by atoms with Crippen LogP contribution in [0, 0.1) is 116 Å². The highest BCUT2D eigenvalue weighted by Gasteiger charge is 2.52. The fourth-order valence-corrected chi connectivity index (χ4v) is 6.44. The van der Waals surface area contributed by atoms with E-state index < -0.39 is 151 Å². The first-order valence-electron chi connectivity index (χ1n) is 15.9. The molecule has 0 N–H and O–H groups in total. The van der Waals surface area contributed by atoms with Crippen LogP contribution in [0.5, 0.6) is 0 Å².